The second-order valence-electron chi connectivity index (χ2n) is 6.69. The third-order valence-electron chi connectivity index (χ3n) is 4.13. The molecule has 0 N–H and O–H groups in total. The van der Waals surface area contributed by atoms with Crippen molar-refractivity contribution in [1.82, 2.24) is 0 Å². The first-order valence-electron chi connectivity index (χ1n) is 8.49. The van der Waals surface area contributed by atoms with E-state index in [-0.39, 0.29) is 0 Å². The summed E-state index contributed by atoms with van der Waals surface area (Å²) in [5, 5.41) is 9.66. The van der Waals surface area contributed by atoms with E-state index in [0.717, 1.165) is 10.9 Å². The summed E-state index contributed by atoms with van der Waals surface area (Å²) in [5.41, 5.74) is 5.55. The lowest BCUT2D eigenvalue weighted by Gasteiger charge is -2.05. The van der Waals surface area contributed by atoms with E-state index >= 15 is 0 Å². The van der Waals surface area contributed by atoms with Gasteiger partial charge >= 0.3 is 0 Å². The van der Waals surface area contributed by atoms with Crippen molar-refractivity contribution in [2.24, 2.45) is 0 Å². The van der Waals surface area contributed by atoms with Crippen LogP contribution in [-0.2, 0) is 4.57 Å². The highest BCUT2D eigenvalue weighted by Gasteiger charge is 2.08. The highest BCUT2D eigenvalue weighted by atomic mass is 31.2. The van der Waals surface area contributed by atoms with Gasteiger partial charge in [0.1, 0.15) is 7.14 Å². The molecule has 0 heterocycles. The minimum atomic E-state index is -2.04. The molecule has 0 aliphatic heterocycles. The van der Waals surface area contributed by atoms with Crippen LogP contribution in [0.2, 0.25) is 0 Å². The maximum absolute atomic E-state index is 11.5. The molecule has 0 spiro atoms. The van der Waals surface area contributed by atoms with E-state index in [1.165, 1.54) is 16.7 Å². The van der Waals surface area contributed by atoms with E-state index in [0.29, 0.717) is 5.56 Å². The largest absolute Gasteiger partial charge is 0.319 e. The molecular formula is C23H24NOP. The average molecular weight is 361 g/mol. The molecule has 3 rings (SSSR count). The van der Waals surface area contributed by atoms with Gasteiger partial charge in [0.25, 0.3) is 0 Å². The molecule has 3 aromatic rings. The van der Waals surface area contributed by atoms with Crippen molar-refractivity contribution >= 4 is 12.4 Å². The van der Waals surface area contributed by atoms with Crippen molar-refractivity contribution in [3.63, 3.8) is 0 Å². The normalized spacial score (nSPS) is 10.4. The van der Waals surface area contributed by atoms with Gasteiger partial charge in [-0.05, 0) is 56.0 Å². The Hall–Kier alpha value is -2.62. The number of nitrogens with zero attached hydrogens (tertiary/aromatic N) is 1. The standard InChI is InChI=1S/C14H11N.C9H13OP/c1-11-4-2-3-5-14(11)13-8-6-12(10-15)7-9-13;1-8-4-6-9(7-5-8)11(2,3)10/h2-9H,1H3;4-7H,1-3H3. The minimum Gasteiger partial charge on any atom is -0.319 e. The number of hydrogen-bond acceptors (Lipinski definition) is 2. The Balaban J connectivity index is 0.000000197. The highest BCUT2D eigenvalue weighted by molar-refractivity contribution is 7.70. The molecule has 0 aliphatic rings. The van der Waals surface area contributed by atoms with Crippen molar-refractivity contribution in [3.8, 4) is 17.2 Å². The number of hydrogen-bond donors (Lipinski definition) is 0. The molecule has 132 valence electrons. The highest BCUT2D eigenvalue weighted by Crippen LogP contribution is 2.34. The smallest absolute Gasteiger partial charge is 0.109 e. The van der Waals surface area contributed by atoms with Crippen LogP contribution in [0.15, 0.2) is 72.8 Å². The van der Waals surface area contributed by atoms with E-state index in [2.05, 4.69) is 25.1 Å². The topological polar surface area (TPSA) is 40.9 Å². The van der Waals surface area contributed by atoms with Crippen LogP contribution in [0.3, 0.4) is 0 Å². The van der Waals surface area contributed by atoms with E-state index in [4.69, 9.17) is 5.26 Å². The van der Waals surface area contributed by atoms with Crippen molar-refractivity contribution in [3.05, 3.63) is 89.5 Å². The molecule has 0 atom stereocenters. The molecule has 2 nitrogen and oxygen atoms in total. The zero-order valence-corrected chi connectivity index (χ0v) is 16.6. The van der Waals surface area contributed by atoms with Crippen LogP contribution in [0.25, 0.3) is 11.1 Å². The van der Waals surface area contributed by atoms with Gasteiger partial charge in [-0.2, -0.15) is 5.26 Å². The first kappa shape index (κ1) is 19.7. The SMILES string of the molecule is Cc1ccc(P(C)(C)=O)cc1.Cc1ccccc1-c1ccc(C#N)cc1. The molecule has 0 saturated heterocycles. The van der Waals surface area contributed by atoms with Gasteiger partial charge in [-0.3, -0.25) is 0 Å². The molecule has 0 amide bonds. The zero-order valence-electron chi connectivity index (χ0n) is 15.7. The Bertz CT molecular complexity index is 945. The molecule has 26 heavy (non-hydrogen) atoms. The lowest BCUT2D eigenvalue weighted by atomic mass is 10.00. The quantitative estimate of drug-likeness (QED) is 0.543. The first-order chi connectivity index (χ1) is 12.3. The lowest BCUT2D eigenvalue weighted by molar-refractivity contribution is 0.588. The van der Waals surface area contributed by atoms with Gasteiger partial charge in [-0.25, -0.2) is 0 Å². The summed E-state index contributed by atoms with van der Waals surface area (Å²) in [4.78, 5) is 0. The molecule has 0 aliphatic carbocycles. The Morgan fingerprint density at radius 2 is 1.38 bits per heavy atom. The van der Waals surface area contributed by atoms with Crippen LogP contribution in [0.4, 0.5) is 0 Å². The number of rotatable bonds is 2. The van der Waals surface area contributed by atoms with Crippen molar-refractivity contribution in [1.29, 1.82) is 5.26 Å². The van der Waals surface area contributed by atoms with E-state index in [1.807, 2.05) is 67.6 Å². The van der Waals surface area contributed by atoms with E-state index in [1.54, 1.807) is 13.3 Å². The van der Waals surface area contributed by atoms with Crippen molar-refractivity contribution in [2.75, 3.05) is 13.3 Å². The van der Waals surface area contributed by atoms with Crippen LogP contribution in [0, 0.1) is 25.2 Å². The average Bonchev–Trinajstić information content (AvgIpc) is 2.62. The summed E-state index contributed by atoms with van der Waals surface area (Å²) in [5.74, 6) is 0. The summed E-state index contributed by atoms with van der Waals surface area (Å²) < 4.78 is 11.5. The summed E-state index contributed by atoms with van der Waals surface area (Å²) in [6.45, 7) is 7.70. The van der Waals surface area contributed by atoms with Gasteiger partial charge in [-0.1, -0.05) is 66.2 Å². The summed E-state index contributed by atoms with van der Waals surface area (Å²) in [7, 11) is -2.04. The first-order valence-corrected chi connectivity index (χ1v) is 11.1. The van der Waals surface area contributed by atoms with Gasteiger partial charge in [0.15, 0.2) is 0 Å². The van der Waals surface area contributed by atoms with Gasteiger partial charge in [0.05, 0.1) is 11.6 Å². The fourth-order valence-corrected chi connectivity index (χ4v) is 3.39. The van der Waals surface area contributed by atoms with Crippen LogP contribution in [0.1, 0.15) is 16.7 Å². The third kappa shape index (κ3) is 5.45. The Morgan fingerprint density at radius 1 is 0.808 bits per heavy atom. The van der Waals surface area contributed by atoms with Crippen LogP contribution in [-0.4, -0.2) is 13.3 Å². The van der Waals surface area contributed by atoms with Crippen LogP contribution < -0.4 is 5.30 Å². The van der Waals surface area contributed by atoms with Gasteiger partial charge in [-0.15, -0.1) is 0 Å². The molecule has 0 saturated carbocycles. The van der Waals surface area contributed by atoms with E-state index in [9.17, 15) is 4.57 Å². The lowest BCUT2D eigenvalue weighted by Crippen LogP contribution is -2.01. The second kappa shape index (κ2) is 8.65. The molecule has 0 unspecified atom stereocenters. The van der Waals surface area contributed by atoms with Crippen molar-refractivity contribution in [2.45, 2.75) is 13.8 Å². The number of aryl methyl sites for hydroxylation is 2. The summed E-state index contributed by atoms with van der Waals surface area (Å²) >= 11 is 0. The summed E-state index contributed by atoms with van der Waals surface area (Å²) in [6, 6.07) is 25.9. The molecule has 0 bridgehead atoms. The number of benzene rings is 3. The van der Waals surface area contributed by atoms with Gasteiger partial charge in [0.2, 0.25) is 0 Å². The molecule has 0 aromatic heterocycles. The van der Waals surface area contributed by atoms with Crippen LogP contribution >= 0.6 is 7.14 Å². The maximum Gasteiger partial charge on any atom is 0.109 e. The van der Waals surface area contributed by atoms with Crippen LogP contribution in [0.5, 0.6) is 0 Å². The van der Waals surface area contributed by atoms with Gasteiger partial charge in [0, 0.05) is 5.30 Å². The molecule has 0 radical (unpaired) electrons. The second-order valence-corrected chi connectivity index (χ2v) is 9.91. The van der Waals surface area contributed by atoms with E-state index < -0.39 is 7.14 Å². The number of nitriles is 1. The summed E-state index contributed by atoms with van der Waals surface area (Å²) in [6.07, 6.45) is 0. The fourth-order valence-electron chi connectivity index (χ4n) is 2.52. The minimum absolute atomic E-state index is 0.701. The molecule has 3 heteroatoms. The zero-order chi connectivity index (χ0) is 19.2. The maximum atomic E-state index is 11.5. The predicted octanol–water partition coefficient (Wildman–Crippen LogP) is 5.78. The monoisotopic (exact) mass is 361 g/mol. The fraction of sp³-hybridized carbons (Fsp3) is 0.174. The Labute approximate surface area is 156 Å². The molecule has 0 fully saturated rings. The molecular weight excluding hydrogens is 337 g/mol. The molecule has 3 aromatic carbocycles. The van der Waals surface area contributed by atoms with Crippen molar-refractivity contribution < 1.29 is 4.57 Å². The third-order valence-corrected chi connectivity index (χ3v) is 5.67. The predicted molar refractivity (Wildman–Crippen MR) is 112 cm³/mol. The van der Waals surface area contributed by atoms with Gasteiger partial charge < -0.3 is 4.57 Å². The Kier molecular flexibility index (Phi) is 6.56. The Morgan fingerprint density at radius 3 is 1.88 bits per heavy atom.